The molecule has 0 aliphatic rings. The Bertz CT molecular complexity index is 1120. The molecule has 0 bridgehead atoms. The Morgan fingerprint density at radius 1 is 1.21 bits per heavy atom. The van der Waals surface area contributed by atoms with Crippen LogP contribution < -0.4 is 14.2 Å². The van der Waals surface area contributed by atoms with Crippen molar-refractivity contribution in [3.8, 4) is 23.1 Å². The van der Waals surface area contributed by atoms with Crippen LogP contribution in [0.25, 0.3) is 5.82 Å². The van der Waals surface area contributed by atoms with Gasteiger partial charge in [0.05, 0.1) is 24.3 Å². The lowest BCUT2D eigenvalue weighted by molar-refractivity contribution is -0.385. The Hall–Kier alpha value is -3.95. The molecule has 0 unspecified atom stereocenters. The van der Waals surface area contributed by atoms with Crippen LogP contribution in [0.5, 0.6) is 17.2 Å². The number of nitro groups is 1. The SMILES string of the molecule is COc1cccc(OC(C)=O)c1OCCCc1cn(-c2ccc([N+](=O)[O-])cn2)nc1C(C)C. The summed E-state index contributed by atoms with van der Waals surface area (Å²) < 4.78 is 18.1. The molecule has 0 radical (unpaired) electrons. The Labute approximate surface area is 191 Å². The van der Waals surface area contributed by atoms with Crippen molar-refractivity contribution in [3.63, 3.8) is 0 Å². The first-order chi connectivity index (χ1) is 15.8. The average molecular weight is 454 g/mol. The fraction of sp³-hybridized carbons (Fsp3) is 0.348. The highest BCUT2D eigenvalue weighted by molar-refractivity contribution is 5.71. The highest BCUT2D eigenvalue weighted by Crippen LogP contribution is 2.37. The van der Waals surface area contributed by atoms with Crippen molar-refractivity contribution in [2.24, 2.45) is 0 Å². The zero-order valence-electron chi connectivity index (χ0n) is 19.0. The van der Waals surface area contributed by atoms with Crippen LogP contribution in [0.3, 0.4) is 0 Å². The number of ether oxygens (including phenoxy) is 3. The monoisotopic (exact) mass is 454 g/mol. The molecular formula is C23H26N4O6. The maximum atomic E-state index is 11.4. The minimum absolute atomic E-state index is 0.0724. The number of aromatic nitrogens is 3. The quantitative estimate of drug-likeness (QED) is 0.147. The Kier molecular flexibility index (Phi) is 7.60. The van der Waals surface area contributed by atoms with E-state index >= 15 is 0 Å². The third kappa shape index (κ3) is 5.85. The molecule has 10 heteroatoms. The molecule has 2 heterocycles. The lowest BCUT2D eigenvalue weighted by atomic mass is 10.0. The van der Waals surface area contributed by atoms with Crippen LogP contribution in [0, 0.1) is 10.1 Å². The number of hydrogen-bond acceptors (Lipinski definition) is 8. The molecule has 3 rings (SSSR count). The maximum absolute atomic E-state index is 11.4. The summed E-state index contributed by atoms with van der Waals surface area (Å²) in [6.07, 6.45) is 4.47. The molecule has 1 aromatic carbocycles. The van der Waals surface area contributed by atoms with Crippen LogP contribution in [-0.4, -0.2) is 39.4 Å². The van der Waals surface area contributed by atoms with E-state index in [4.69, 9.17) is 14.2 Å². The molecule has 3 aromatic rings. The Balaban J connectivity index is 1.71. The number of hydrogen-bond donors (Lipinski definition) is 0. The van der Waals surface area contributed by atoms with E-state index in [1.54, 1.807) is 28.9 Å². The van der Waals surface area contributed by atoms with Crippen LogP contribution in [0.1, 0.15) is 44.4 Å². The summed E-state index contributed by atoms with van der Waals surface area (Å²) in [5.41, 5.74) is 1.89. The topological polar surface area (TPSA) is 119 Å². The first-order valence-corrected chi connectivity index (χ1v) is 10.5. The number of pyridine rings is 1. The van der Waals surface area contributed by atoms with Gasteiger partial charge in [-0.15, -0.1) is 0 Å². The third-order valence-electron chi connectivity index (χ3n) is 4.80. The number of carbonyl (C=O) groups excluding carboxylic acids is 1. The number of rotatable bonds is 10. The van der Waals surface area contributed by atoms with E-state index in [1.807, 2.05) is 6.20 Å². The third-order valence-corrected chi connectivity index (χ3v) is 4.80. The first kappa shape index (κ1) is 23.7. The molecule has 2 aromatic heterocycles. The second-order valence-electron chi connectivity index (χ2n) is 7.60. The number of nitrogens with zero attached hydrogens (tertiary/aromatic N) is 4. The van der Waals surface area contributed by atoms with Crippen LogP contribution in [0.15, 0.2) is 42.7 Å². The first-order valence-electron chi connectivity index (χ1n) is 10.5. The van der Waals surface area contributed by atoms with Gasteiger partial charge in [-0.1, -0.05) is 19.9 Å². The van der Waals surface area contributed by atoms with E-state index in [2.05, 4.69) is 23.9 Å². The number of esters is 1. The van der Waals surface area contributed by atoms with Gasteiger partial charge in [-0.3, -0.25) is 14.9 Å². The van der Waals surface area contributed by atoms with Gasteiger partial charge in [0.1, 0.15) is 6.20 Å². The molecule has 0 saturated heterocycles. The van der Waals surface area contributed by atoms with Gasteiger partial charge in [-0.25, -0.2) is 9.67 Å². The molecule has 0 aliphatic carbocycles. The van der Waals surface area contributed by atoms with Gasteiger partial charge in [0.25, 0.3) is 5.69 Å². The van der Waals surface area contributed by atoms with Crippen LogP contribution >= 0.6 is 0 Å². The fourth-order valence-electron chi connectivity index (χ4n) is 3.31. The van der Waals surface area contributed by atoms with E-state index in [-0.39, 0.29) is 11.6 Å². The van der Waals surface area contributed by atoms with Gasteiger partial charge < -0.3 is 14.2 Å². The molecule has 0 amide bonds. The summed E-state index contributed by atoms with van der Waals surface area (Å²) >= 11 is 0. The van der Waals surface area contributed by atoms with Gasteiger partial charge in [0.15, 0.2) is 17.3 Å². The van der Waals surface area contributed by atoms with Crippen LogP contribution in [-0.2, 0) is 11.2 Å². The van der Waals surface area contributed by atoms with E-state index in [9.17, 15) is 14.9 Å². The standard InChI is InChI=1S/C23H26N4O6/c1-15(2)22-17(14-26(25-22)21-11-10-18(13-24-21)27(29)30)7-6-12-32-23-19(31-4)8-5-9-20(23)33-16(3)28/h5,8-11,13-15H,6-7,12H2,1-4H3. The highest BCUT2D eigenvalue weighted by atomic mass is 16.6. The lowest BCUT2D eigenvalue weighted by Crippen LogP contribution is -2.07. The number of methoxy groups -OCH3 is 1. The van der Waals surface area contributed by atoms with E-state index in [1.165, 1.54) is 26.3 Å². The highest BCUT2D eigenvalue weighted by Gasteiger charge is 2.16. The van der Waals surface area contributed by atoms with E-state index in [0.29, 0.717) is 42.5 Å². The van der Waals surface area contributed by atoms with Crippen LogP contribution in [0.2, 0.25) is 0 Å². The predicted molar refractivity (Wildman–Crippen MR) is 120 cm³/mol. The molecule has 0 saturated carbocycles. The molecule has 0 fully saturated rings. The molecule has 174 valence electrons. The maximum Gasteiger partial charge on any atom is 0.308 e. The normalized spacial score (nSPS) is 10.8. The largest absolute Gasteiger partial charge is 0.493 e. The molecule has 0 N–H and O–H groups in total. The minimum atomic E-state index is -0.487. The fourth-order valence-corrected chi connectivity index (χ4v) is 3.31. The molecule has 0 spiro atoms. The van der Waals surface area contributed by atoms with Crippen molar-refractivity contribution in [1.82, 2.24) is 14.8 Å². The average Bonchev–Trinajstić information content (AvgIpc) is 3.21. The van der Waals surface area contributed by atoms with Crippen molar-refractivity contribution < 1.29 is 23.9 Å². The van der Waals surface area contributed by atoms with Gasteiger partial charge in [-0.05, 0) is 42.5 Å². The van der Waals surface area contributed by atoms with Gasteiger partial charge in [-0.2, -0.15) is 5.10 Å². The number of aryl methyl sites for hydroxylation is 1. The second-order valence-corrected chi connectivity index (χ2v) is 7.60. The van der Waals surface area contributed by atoms with Crippen molar-refractivity contribution >= 4 is 11.7 Å². The van der Waals surface area contributed by atoms with E-state index in [0.717, 1.165) is 11.3 Å². The molecule has 0 aliphatic heterocycles. The minimum Gasteiger partial charge on any atom is -0.493 e. The summed E-state index contributed by atoms with van der Waals surface area (Å²) in [6, 6.07) is 8.08. The molecule has 10 nitrogen and oxygen atoms in total. The zero-order chi connectivity index (χ0) is 24.0. The summed E-state index contributed by atoms with van der Waals surface area (Å²) in [5, 5.41) is 15.5. The molecule has 33 heavy (non-hydrogen) atoms. The van der Waals surface area contributed by atoms with Gasteiger partial charge >= 0.3 is 5.97 Å². The number of para-hydroxylation sites is 1. The van der Waals surface area contributed by atoms with E-state index < -0.39 is 10.9 Å². The summed E-state index contributed by atoms with van der Waals surface area (Å²) in [6.45, 7) is 5.80. The van der Waals surface area contributed by atoms with Crippen molar-refractivity contribution in [1.29, 1.82) is 0 Å². The predicted octanol–water partition coefficient (Wildman–Crippen LogP) is 4.24. The van der Waals surface area contributed by atoms with Gasteiger partial charge in [0, 0.05) is 19.2 Å². The smallest absolute Gasteiger partial charge is 0.308 e. The van der Waals surface area contributed by atoms with Crippen molar-refractivity contribution in [2.45, 2.75) is 39.5 Å². The number of benzene rings is 1. The lowest BCUT2D eigenvalue weighted by Gasteiger charge is -2.14. The number of carbonyl (C=O) groups is 1. The second kappa shape index (κ2) is 10.6. The van der Waals surface area contributed by atoms with Gasteiger partial charge in [0.2, 0.25) is 5.75 Å². The Morgan fingerprint density at radius 2 is 1.97 bits per heavy atom. The summed E-state index contributed by atoms with van der Waals surface area (Å²) in [4.78, 5) is 25.9. The van der Waals surface area contributed by atoms with Crippen molar-refractivity contribution in [3.05, 3.63) is 64.1 Å². The Morgan fingerprint density at radius 3 is 2.58 bits per heavy atom. The summed E-state index contributed by atoms with van der Waals surface area (Å²) in [5.74, 6) is 1.41. The zero-order valence-corrected chi connectivity index (χ0v) is 19.0. The van der Waals surface area contributed by atoms with Crippen LogP contribution in [0.4, 0.5) is 5.69 Å². The van der Waals surface area contributed by atoms with Crippen molar-refractivity contribution in [2.75, 3.05) is 13.7 Å². The summed E-state index contributed by atoms with van der Waals surface area (Å²) in [7, 11) is 1.52. The molecule has 0 atom stereocenters. The molecular weight excluding hydrogens is 428 g/mol.